The molecule has 1 atom stereocenters. The molecule has 5 heteroatoms. The zero-order chi connectivity index (χ0) is 15.2. The lowest BCUT2D eigenvalue weighted by Gasteiger charge is -2.13. The van der Waals surface area contributed by atoms with E-state index in [1.807, 2.05) is 30.3 Å². The van der Waals surface area contributed by atoms with Crippen molar-refractivity contribution in [1.82, 2.24) is 5.32 Å². The minimum absolute atomic E-state index is 0.122. The van der Waals surface area contributed by atoms with E-state index in [2.05, 4.69) is 21.2 Å². The molecule has 0 aliphatic rings. The van der Waals surface area contributed by atoms with Gasteiger partial charge < -0.3 is 11.1 Å². The van der Waals surface area contributed by atoms with Gasteiger partial charge in [0, 0.05) is 17.1 Å². The molecule has 0 aliphatic heterocycles. The summed E-state index contributed by atoms with van der Waals surface area (Å²) in [4.78, 5) is 12.0. The molecule has 0 aromatic heterocycles. The molecule has 0 spiro atoms. The second kappa shape index (κ2) is 7.33. The zero-order valence-electron chi connectivity index (χ0n) is 11.4. The second-order valence-electron chi connectivity index (χ2n) is 4.69. The number of carbonyl (C=O) groups excluding carboxylic acids is 1. The summed E-state index contributed by atoms with van der Waals surface area (Å²) >= 11 is 3.18. The number of nitrogens with two attached hydrogens (primary N) is 1. The van der Waals surface area contributed by atoms with Gasteiger partial charge in [0.25, 0.3) is 5.91 Å². The summed E-state index contributed by atoms with van der Waals surface area (Å²) in [6, 6.07) is 13.6. The van der Waals surface area contributed by atoms with Gasteiger partial charge in [-0.1, -0.05) is 30.3 Å². The lowest BCUT2D eigenvalue weighted by Crippen LogP contribution is -2.27. The summed E-state index contributed by atoms with van der Waals surface area (Å²) in [5.74, 6) is -0.633. The minimum Gasteiger partial charge on any atom is -0.352 e. The zero-order valence-corrected chi connectivity index (χ0v) is 12.9. The van der Waals surface area contributed by atoms with Crippen molar-refractivity contribution in [3.63, 3.8) is 0 Å². The van der Waals surface area contributed by atoms with E-state index in [-0.39, 0.29) is 17.8 Å². The molecule has 0 radical (unpaired) electrons. The van der Waals surface area contributed by atoms with Crippen LogP contribution in [0, 0.1) is 5.82 Å². The van der Waals surface area contributed by atoms with Gasteiger partial charge in [-0.15, -0.1) is 0 Å². The van der Waals surface area contributed by atoms with Crippen LogP contribution in [0.15, 0.2) is 53.0 Å². The molecular formula is C16H16BrFN2O. The van der Waals surface area contributed by atoms with E-state index in [0.717, 1.165) is 5.56 Å². The van der Waals surface area contributed by atoms with Gasteiger partial charge in [0.15, 0.2) is 0 Å². The highest BCUT2D eigenvalue weighted by Crippen LogP contribution is 2.18. The average molecular weight is 351 g/mol. The number of nitrogens with one attached hydrogen (secondary N) is 1. The Balaban J connectivity index is 1.87. The summed E-state index contributed by atoms with van der Waals surface area (Å²) in [5.41, 5.74) is 7.50. The molecular weight excluding hydrogens is 335 g/mol. The fourth-order valence-electron chi connectivity index (χ4n) is 1.98. The van der Waals surface area contributed by atoms with Crippen molar-refractivity contribution in [3.05, 3.63) is 69.9 Å². The van der Waals surface area contributed by atoms with Crippen LogP contribution in [0.5, 0.6) is 0 Å². The predicted octanol–water partition coefficient (Wildman–Crippen LogP) is 3.41. The first-order valence-electron chi connectivity index (χ1n) is 6.61. The van der Waals surface area contributed by atoms with Gasteiger partial charge in [-0.2, -0.15) is 0 Å². The highest BCUT2D eigenvalue weighted by atomic mass is 79.9. The van der Waals surface area contributed by atoms with E-state index in [1.165, 1.54) is 18.2 Å². The maximum atomic E-state index is 13.0. The van der Waals surface area contributed by atoms with Crippen molar-refractivity contribution in [2.75, 3.05) is 6.54 Å². The van der Waals surface area contributed by atoms with Crippen LogP contribution in [0.4, 0.5) is 4.39 Å². The molecule has 110 valence electrons. The fourth-order valence-corrected chi connectivity index (χ4v) is 2.51. The minimum atomic E-state index is -0.385. The molecule has 21 heavy (non-hydrogen) atoms. The van der Waals surface area contributed by atoms with Crippen LogP contribution in [0.2, 0.25) is 0 Å². The van der Waals surface area contributed by atoms with E-state index in [4.69, 9.17) is 5.73 Å². The first-order valence-corrected chi connectivity index (χ1v) is 7.41. The Morgan fingerprint density at radius 2 is 1.95 bits per heavy atom. The number of hydrogen-bond donors (Lipinski definition) is 2. The predicted molar refractivity (Wildman–Crippen MR) is 84.4 cm³/mol. The largest absolute Gasteiger partial charge is 0.352 e. The molecule has 2 rings (SSSR count). The number of benzene rings is 2. The van der Waals surface area contributed by atoms with Crippen molar-refractivity contribution in [2.24, 2.45) is 5.73 Å². The SMILES string of the molecule is NC(CCNC(=O)c1ccc(F)cc1Br)c1ccccc1. The topological polar surface area (TPSA) is 55.1 Å². The van der Waals surface area contributed by atoms with Crippen LogP contribution in [0.1, 0.15) is 28.4 Å². The van der Waals surface area contributed by atoms with Crippen molar-refractivity contribution >= 4 is 21.8 Å². The first-order chi connectivity index (χ1) is 10.1. The molecule has 0 saturated carbocycles. The molecule has 1 amide bonds. The van der Waals surface area contributed by atoms with Crippen molar-refractivity contribution in [2.45, 2.75) is 12.5 Å². The van der Waals surface area contributed by atoms with Crippen LogP contribution < -0.4 is 11.1 Å². The summed E-state index contributed by atoms with van der Waals surface area (Å²) < 4.78 is 13.4. The fraction of sp³-hybridized carbons (Fsp3) is 0.188. The molecule has 0 saturated heterocycles. The average Bonchev–Trinajstić information content (AvgIpc) is 2.47. The van der Waals surface area contributed by atoms with Gasteiger partial charge in [-0.3, -0.25) is 4.79 Å². The maximum absolute atomic E-state index is 13.0. The van der Waals surface area contributed by atoms with E-state index in [9.17, 15) is 9.18 Å². The van der Waals surface area contributed by atoms with E-state index >= 15 is 0 Å². The Labute approximate surface area is 131 Å². The molecule has 3 N–H and O–H groups in total. The molecule has 3 nitrogen and oxygen atoms in total. The van der Waals surface area contributed by atoms with Crippen molar-refractivity contribution in [1.29, 1.82) is 0 Å². The lowest BCUT2D eigenvalue weighted by molar-refractivity contribution is 0.0951. The van der Waals surface area contributed by atoms with Crippen molar-refractivity contribution < 1.29 is 9.18 Å². The van der Waals surface area contributed by atoms with Gasteiger partial charge in [-0.25, -0.2) is 4.39 Å². The maximum Gasteiger partial charge on any atom is 0.252 e. The molecule has 2 aromatic rings. The number of amides is 1. The number of halogens is 2. The van der Waals surface area contributed by atoms with E-state index in [0.29, 0.717) is 23.0 Å². The second-order valence-corrected chi connectivity index (χ2v) is 5.54. The smallest absolute Gasteiger partial charge is 0.252 e. The molecule has 2 aromatic carbocycles. The Kier molecular flexibility index (Phi) is 5.47. The van der Waals surface area contributed by atoms with Gasteiger partial charge in [-0.05, 0) is 46.1 Å². The van der Waals surface area contributed by atoms with Gasteiger partial charge in [0.1, 0.15) is 5.82 Å². The summed E-state index contributed by atoms with van der Waals surface area (Å²) in [6.45, 7) is 0.457. The number of carbonyl (C=O) groups is 1. The third-order valence-corrected chi connectivity index (χ3v) is 3.80. The van der Waals surface area contributed by atoms with Crippen molar-refractivity contribution in [3.8, 4) is 0 Å². The Morgan fingerprint density at radius 1 is 1.24 bits per heavy atom. The summed E-state index contributed by atoms with van der Waals surface area (Å²) in [5, 5.41) is 2.79. The molecule has 0 fully saturated rings. The van der Waals surface area contributed by atoms with Crippen LogP contribution in [-0.4, -0.2) is 12.5 Å². The van der Waals surface area contributed by atoms with Crippen LogP contribution in [0.3, 0.4) is 0 Å². The third kappa shape index (κ3) is 4.37. The Hall–Kier alpha value is -1.72. The summed E-state index contributed by atoms with van der Waals surface area (Å²) in [6.07, 6.45) is 0.633. The van der Waals surface area contributed by atoms with Gasteiger partial charge in [0.05, 0.1) is 5.56 Å². The molecule has 0 heterocycles. The molecule has 1 unspecified atom stereocenters. The van der Waals surface area contributed by atoms with Crippen LogP contribution >= 0.6 is 15.9 Å². The molecule has 0 bridgehead atoms. The molecule has 0 aliphatic carbocycles. The monoisotopic (exact) mass is 350 g/mol. The number of rotatable bonds is 5. The highest BCUT2D eigenvalue weighted by molar-refractivity contribution is 9.10. The van der Waals surface area contributed by atoms with E-state index < -0.39 is 0 Å². The lowest BCUT2D eigenvalue weighted by atomic mass is 10.1. The Morgan fingerprint density at radius 3 is 2.62 bits per heavy atom. The quantitative estimate of drug-likeness (QED) is 0.868. The van der Waals surface area contributed by atoms with E-state index in [1.54, 1.807) is 0 Å². The highest BCUT2D eigenvalue weighted by Gasteiger charge is 2.11. The standard InChI is InChI=1S/C16H16BrFN2O/c17-14-10-12(18)6-7-13(14)16(21)20-9-8-15(19)11-4-2-1-3-5-11/h1-7,10,15H,8-9,19H2,(H,20,21). The Bertz CT molecular complexity index is 619. The summed E-state index contributed by atoms with van der Waals surface area (Å²) in [7, 11) is 0. The van der Waals surface area contributed by atoms with Crippen LogP contribution in [0.25, 0.3) is 0 Å². The van der Waals surface area contributed by atoms with Gasteiger partial charge >= 0.3 is 0 Å². The first kappa shape index (κ1) is 15.7. The normalized spacial score (nSPS) is 12.0. The van der Waals surface area contributed by atoms with Crippen LogP contribution in [-0.2, 0) is 0 Å². The third-order valence-electron chi connectivity index (χ3n) is 3.14. The van der Waals surface area contributed by atoms with Gasteiger partial charge in [0.2, 0.25) is 0 Å². The number of hydrogen-bond acceptors (Lipinski definition) is 2.